The topological polar surface area (TPSA) is 45.8 Å². The van der Waals surface area contributed by atoms with Gasteiger partial charge in [-0.3, -0.25) is 4.79 Å². The van der Waals surface area contributed by atoms with Gasteiger partial charge in [-0.1, -0.05) is 29.8 Å². The van der Waals surface area contributed by atoms with Crippen LogP contribution >= 0.6 is 11.8 Å². The number of hydrogen-bond donors (Lipinski definition) is 1. The largest absolute Gasteiger partial charge is 0.309 e. The normalized spacial score (nSPS) is 12.5. The third-order valence-corrected chi connectivity index (χ3v) is 4.94. The molecule has 1 aromatic heterocycles. The third kappa shape index (κ3) is 2.92. The van der Waals surface area contributed by atoms with E-state index in [-0.39, 0.29) is 10.8 Å². The first-order valence-electron chi connectivity index (χ1n) is 7.27. The van der Waals surface area contributed by atoms with E-state index in [1.807, 2.05) is 18.2 Å². The lowest BCUT2D eigenvalue weighted by molar-refractivity contribution is 0.922. The molecule has 0 spiro atoms. The Kier molecular flexibility index (Phi) is 4.03. The summed E-state index contributed by atoms with van der Waals surface area (Å²) in [4.78, 5) is 20.9. The standard InChI is InChI=1S/C18H18N2OS/c1-11-8-9-16(12(2)10-11)22-13(3)17-19-15-7-5-4-6-14(15)18(21)20-17/h4-10,13H,1-3H3,(H,19,20,21)/t13-/m0/s1. The van der Waals surface area contributed by atoms with Gasteiger partial charge in [0, 0.05) is 4.90 Å². The Labute approximate surface area is 133 Å². The van der Waals surface area contributed by atoms with Crippen LogP contribution < -0.4 is 5.56 Å². The number of hydrogen-bond acceptors (Lipinski definition) is 3. The fourth-order valence-electron chi connectivity index (χ4n) is 2.47. The van der Waals surface area contributed by atoms with E-state index in [2.05, 4.69) is 48.9 Å². The minimum atomic E-state index is -0.0753. The lowest BCUT2D eigenvalue weighted by Gasteiger charge is -2.13. The molecule has 112 valence electrons. The first-order valence-corrected chi connectivity index (χ1v) is 8.15. The molecule has 2 aromatic carbocycles. The summed E-state index contributed by atoms with van der Waals surface area (Å²) in [6.07, 6.45) is 0. The summed E-state index contributed by atoms with van der Waals surface area (Å²) < 4.78 is 0. The molecule has 3 aromatic rings. The molecule has 0 saturated carbocycles. The minimum absolute atomic E-state index is 0.0753. The second kappa shape index (κ2) is 5.97. The second-order valence-electron chi connectivity index (χ2n) is 5.50. The Morgan fingerprint density at radius 1 is 1.14 bits per heavy atom. The van der Waals surface area contributed by atoms with Crippen LogP contribution in [0.3, 0.4) is 0 Å². The third-order valence-electron chi connectivity index (χ3n) is 3.65. The molecule has 0 aliphatic rings. The highest BCUT2D eigenvalue weighted by Crippen LogP contribution is 2.35. The highest BCUT2D eigenvalue weighted by atomic mass is 32.2. The van der Waals surface area contributed by atoms with Crippen LogP contribution in [0, 0.1) is 13.8 Å². The molecule has 0 aliphatic carbocycles. The molecular formula is C18H18N2OS. The zero-order chi connectivity index (χ0) is 15.7. The molecule has 3 rings (SSSR count). The van der Waals surface area contributed by atoms with Crippen molar-refractivity contribution in [2.24, 2.45) is 0 Å². The zero-order valence-corrected chi connectivity index (χ0v) is 13.7. The van der Waals surface area contributed by atoms with E-state index in [1.54, 1.807) is 17.8 Å². The SMILES string of the molecule is Cc1ccc(S[C@@H](C)c2nc3ccccc3c(=O)[nH]2)c(C)c1. The molecule has 3 nitrogen and oxygen atoms in total. The molecule has 1 atom stereocenters. The van der Waals surface area contributed by atoms with Crippen molar-refractivity contribution in [2.75, 3.05) is 0 Å². The maximum atomic E-state index is 12.2. The average Bonchev–Trinajstić information content (AvgIpc) is 2.50. The molecule has 0 fully saturated rings. The van der Waals surface area contributed by atoms with Gasteiger partial charge < -0.3 is 4.98 Å². The maximum Gasteiger partial charge on any atom is 0.258 e. The van der Waals surface area contributed by atoms with Crippen molar-refractivity contribution < 1.29 is 0 Å². The monoisotopic (exact) mass is 310 g/mol. The van der Waals surface area contributed by atoms with Crippen LogP contribution in [0.4, 0.5) is 0 Å². The lowest BCUT2D eigenvalue weighted by Crippen LogP contribution is -2.12. The van der Waals surface area contributed by atoms with E-state index in [0.29, 0.717) is 11.2 Å². The van der Waals surface area contributed by atoms with E-state index < -0.39 is 0 Å². The van der Waals surface area contributed by atoms with Crippen molar-refractivity contribution in [3.63, 3.8) is 0 Å². The molecule has 4 heteroatoms. The number of thioether (sulfide) groups is 1. The molecule has 0 radical (unpaired) electrons. The summed E-state index contributed by atoms with van der Waals surface area (Å²) in [5, 5.41) is 0.716. The summed E-state index contributed by atoms with van der Waals surface area (Å²) in [7, 11) is 0. The fourth-order valence-corrected chi connectivity index (χ4v) is 3.47. The van der Waals surface area contributed by atoms with Crippen molar-refractivity contribution in [1.82, 2.24) is 9.97 Å². The van der Waals surface area contributed by atoms with Crippen LogP contribution in [0.2, 0.25) is 0 Å². The van der Waals surface area contributed by atoms with Gasteiger partial charge in [-0.05, 0) is 44.5 Å². The molecule has 0 bridgehead atoms. The average molecular weight is 310 g/mol. The molecule has 1 heterocycles. The number of nitrogens with one attached hydrogen (secondary N) is 1. The minimum Gasteiger partial charge on any atom is -0.309 e. The summed E-state index contributed by atoms with van der Waals surface area (Å²) >= 11 is 1.72. The summed E-state index contributed by atoms with van der Waals surface area (Å²) in [6, 6.07) is 13.8. The van der Waals surface area contributed by atoms with Crippen molar-refractivity contribution >= 4 is 22.7 Å². The molecule has 0 saturated heterocycles. The van der Waals surface area contributed by atoms with Gasteiger partial charge in [0.2, 0.25) is 0 Å². The number of H-pyrrole nitrogens is 1. The predicted octanol–water partition coefficient (Wildman–Crippen LogP) is 4.39. The first-order chi connectivity index (χ1) is 10.5. The predicted molar refractivity (Wildman–Crippen MR) is 92.6 cm³/mol. The second-order valence-corrected chi connectivity index (χ2v) is 6.88. The number of para-hydroxylation sites is 1. The van der Waals surface area contributed by atoms with E-state index in [1.165, 1.54) is 16.0 Å². The number of aryl methyl sites for hydroxylation is 2. The van der Waals surface area contributed by atoms with Crippen LogP contribution in [0.15, 0.2) is 52.2 Å². The highest BCUT2D eigenvalue weighted by molar-refractivity contribution is 7.99. The van der Waals surface area contributed by atoms with Crippen molar-refractivity contribution in [3.05, 3.63) is 69.8 Å². The van der Waals surface area contributed by atoms with Gasteiger partial charge in [0.05, 0.1) is 16.2 Å². The van der Waals surface area contributed by atoms with Crippen molar-refractivity contribution in [2.45, 2.75) is 30.9 Å². The molecule has 0 amide bonds. The number of fused-ring (bicyclic) bond motifs is 1. The molecule has 0 aliphatic heterocycles. The Morgan fingerprint density at radius 2 is 1.91 bits per heavy atom. The summed E-state index contributed by atoms with van der Waals surface area (Å²) in [5.41, 5.74) is 3.18. The van der Waals surface area contributed by atoms with E-state index >= 15 is 0 Å². The van der Waals surface area contributed by atoms with Gasteiger partial charge in [-0.2, -0.15) is 0 Å². The summed E-state index contributed by atoms with van der Waals surface area (Å²) in [6.45, 7) is 6.27. The van der Waals surface area contributed by atoms with Gasteiger partial charge >= 0.3 is 0 Å². The van der Waals surface area contributed by atoms with Crippen LogP contribution in [0.25, 0.3) is 10.9 Å². The number of nitrogens with zero attached hydrogens (tertiary/aromatic N) is 1. The van der Waals surface area contributed by atoms with Gasteiger partial charge in [-0.25, -0.2) is 4.98 Å². The number of rotatable bonds is 3. The molecular weight excluding hydrogens is 292 g/mol. The zero-order valence-electron chi connectivity index (χ0n) is 12.9. The van der Waals surface area contributed by atoms with E-state index in [4.69, 9.17) is 0 Å². The number of aromatic nitrogens is 2. The van der Waals surface area contributed by atoms with Crippen LogP contribution in [0.1, 0.15) is 29.1 Å². The van der Waals surface area contributed by atoms with Gasteiger partial charge in [0.25, 0.3) is 5.56 Å². The van der Waals surface area contributed by atoms with Crippen molar-refractivity contribution in [1.29, 1.82) is 0 Å². The maximum absolute atomic E-state index is 12.2. The van der Waals surface area contributed by atoms with Crippen LogP contribution in [-0.4, -0.2) is 9.97 Å². The molecule has 22 heavy (non-hydrogen) atoms. The van der Waals surface area contributed by atoms with Crippen LogP contribution in [0.5, 0.6) is 0 Å². The van der Waals surface area contributed by atoms with Gasteiger partial charge in [-0.15, -0.1) is 11.8 Å². The fraction of sp³-hybridized carbons (Fsp3) is 0.222. The van der Waals surface area contributed by atoms with E-state index in [0.717, 1.165) is 5.52 Å². The number of benzene rings is 2. The molecule has 0 unspecified atom stereocenters. The quantitative estimate of drug-likeness (QED) is 0.730. The Bertz CT molecular complexity index is 886. The molecule has 1 N–H and O–H groups in total. The smallest absolute Gasteiger partial charge is 0.258 e. The Morgan fingerprint density at radius 3 is 2.68 bits per heavy atom. The summed E-state index contributed by atoms with van der Waals surface area (Å²) in [5.74, 6) is 0.716. The lowest BCUT2D eigenvalue weighted by atomic mass is 10.2. The van der Waals surface area contributed by atoms with Crippen LogP contribution in [-0.2, 0) is 0 Å². The Balaban J connectivity index is 1.95. The first kappa shape index (κ1) is 14.9. The van der Waals surface area contributed by atoms with Gasteiger partial charge in [0.15, 0.2) is 0 Å². The number of aromatic amines is 1. The van der Waals surface area contributed by atoms with Gasteiger partial charge in [0.1, 0.15) is 5.82 Å². The Hall–Kier alpha value is -2.07. The van der Waals surface area contributed by atoms with E-state index in [9.17, 15) is 4.79 Å². The highest BCUT2D eigenvalue weighted by Gasteiger charge is 2.13. The van der Waals surface area contributed by atoms with Crippen molar-refractivity contribution in [3.8, 4) is 0 Å².